The van der Waals surface area contributed by atoms with Crippen molar-refractivity contribution in [2.75, 3.05) is 0 Å². The average Bonchev–Trinajstić information content (AvgIpc) is 3.14. The second-order valence-corrected chi connectivity index (χ2v) is 7.70. The van der Waals surface area contributed by atoms with Crippen LogP contribution in [0.4, 0.5) is 4.39 Å². The van der Waals surface area contributed by atoms with Crippen LogP contribution in [-0.2, 0) is 0 Å². The van der Waals surface area contributed by atoms with E-state index in [2.05, 4.69) is 0 Å². The van der Waals surface area contributed by atoms with Crippen molar-refractivity contribution < 1.29 is 9.13 Å². The molecule has 2 heterocycles. The maximum Gasteiger partial charge on any atom is 0.216 e. The van der Waals surface area contributed by atoms with Gasteiger partial charge in [0.2, 0.25) is 6.23 Å². The Kier molecular flexibility index (Phi) is 4.26. The number of hydrazone groups is 1. The van der Waals surface area contributed by atoms with Gasteiger partial charge in [0, 0.05) is 22.0 Å². The van der Waals surface area contributed by atoms with E-state index < -0.39 is 6.23 Å². The second kappa shape index (κ2) is 6.80. The van der Waals surface area contributed by atoms with Gasteiger partial charge in [0.15, 0.2) is 0 Å². The molecule has 28 heavy (non-hydrogen) atoms. The Morgan fingerprint density at radius 3 is 2.46 bits per heavy atom. The van der Waals surface area contributed by atoms with Crippen molar-refractivity contribution in [1.82, 2.24) is 5.01 Å². The van der Waals surface area contributed by atoms with Crippen molar-refractivity contribution in [2.24, 2.45) is 5.10 Å². The van der Waals surface area contributed by atoms with Crippen molar-refractivity contribution in [2.45, 2.75) is 18.7 Å². The van der Waals surface area contributed by atoms with Gasteiger partial charge in [-0.1, -0.05) is 53.5 Å². The Morgan fingerprint density at radius 1 is 0.929 bits per heavy atom. The summed E-state index contributed by atoms with van der Waals surface area (Å²) in [5, 5.41) is 7.95. The lowest BCUT2D eigenvalue weighted by atomic mass is 9.96. The number of fused-ring (bicyclic) bond motifs is 3. The molecule has 2 atom stereocenters. The third kappa shape index (κ3) is 2.93. The van der Waals surface area contributed by atoms with E-state index in [9.17, 15) is 4.39 Å². The summed E-state index contributed by atoms with van der Waals surface area (Å²) >= 11 is 12.2. The minimum absolute atomic E-state index is 0.0854. The average molecular weight is 413 g/mol. The summed E-state index contributed by atoms with van der Waals surface area (Å²) in [6.45, 7) is 0. The molecule has 0 amide bonds. The molecule has 0 bridgehead atoms. The Labute approximate surface area is 172 Å². The number of hydrogen-bond acceptors (Lipinski definition) is 3. The molecule has 0 saturated carbocycles. The molecule has 2 aliphatic heterocycles. The summed E-state index contributed by atoms with van der Waals surface area (Å²) in [4.78, 5) is 0. The molecular formula is C22H15Cl2FN2O. The summed E-state index contributed by atoms with van der Waals surface area (Å²) in [6.07, 6.45) is 0.0215. The molecule has 3 nitrogen and oxygen atoms in total. The normalized spacial score (nSPS) is 20.2. The van der Waals surface area contributed by atoms with E-state index in [1.165, 1.54) is 6.07 Å². The highest BCUT2D eigenvalue weighted by atomic mass is 35.5. The van der Waals surface area contributed by atoms with Gasteiger partial charge in [-0.3, -0.25) is 0 Å². The predicted octanol–water partition coefficient (Wildman–Crippen LogP) is 6.37. The molecule has 3 aromatic rings. The molecule has 3 aromatic carbocycles. The zero-order valence-corrected chi connectivity index (χ0v) is 16.2. The molecule has 0 N–H and O–H groups in total. The zero-order valence-electron chi connectivity index (χ0n) is 14.6. The minimum Gasteiger partial charge on any atom is -0.464 e. The first-order chi connectivity index (χ1) is 13.6. The third-order valence-electron chi connectivity index (χ3n) is 5.10. The monoisotopic (exact) mass is 412 g/mol. The lowest BCUT2D eigenvalue weighted by Gasteiger charge is -2.38. The van der Waals surface area contributed by atoms with Gasteiger partial charge < -0.3 is 4.74 Å². The summed E-state index contributed by atoms with van der Waals surface area (Å²) < 4.78 is 20.7. The van der Waals surface area contributed by atoms with E-state index in [0.717, 1.165) is 16.8 Å². The van der Waals surface area contributed by atoms with Gasteiger partial charge in [-0.05, 0) is 42.0 Å². The number of benzene rings is 3. The molecule has 6 heteroatoms. The topological polar surface area (TPSA) is 24.8 Å². The van der Waals surface area contributed by atoms with Gasteiger partial charge in [-0.25, -0.2) is 9.40 Å². The zero-order chi connectivity index (χ0) is 19.3. The van der Waals surface area contributed by atoms with Crippen LogP contribution in [0, 0.1) is 5.82 Å². The van der Waals surface area contributed by atoms with Crippen LogP contribution in [-0.4, -0.2) is 10.7 Å². The van der Waals surface area contributed by atoms with Gasteiger partial charge in [0.05, 0.1) is 17.3 Å². The molecule has 0 aromatic heterocycles. The largest absolute Gasteiger partial charge is 0.464 e. The van der Waals surface area contributed by atoms with Crippen molar-refractivity contribution in [1.29, 1.82) is 0 Å². The van der Waals surface area contributed by atoms with Crippen molar-refractivity contribution >= 4 is 28.9 Å². The number of halogens is 3. The SMILES string of the molecule is Fc1ccccc1[C@@H]1Oc2ccc(Cl)cc2[C@H]2CC(c3ccc(Cl)cc3)=NN21. The van der Waals surface area contributed by atoms with E-state index >= 15 is 0 Å². The fourth-order valence-corrected chi connectivity index (χ4v) is 4.06. The molecule has 0 spiro atoms. The lowest BCUT2D eigenvalue weighted by Crippen LogP contribution is -2.34. The van der Waals surface area contributed by atoms with Crippen LogP contribution in [0.1, 0.15) is 35.4 Å². The van der Waals surface area contributed by atoms with Crippen LogP contribution in [0.5, 0.6) is 5.75 Å². The van der Waals surface area contributed by atoms with Crippen LogP contribution in [0.2, 0.25) is 10.0 Å². The summed E-state index contributed by atoms with van der Waals surface area (Å²) in [6, 6.07) is 19.6. The highest BCUT2D eigenvalue weighted by Gasteiger charge is 2.41. The first-order valence-corrected chi connectivity index (χ1v) is 9.68. The van der Waals surface area contributed by atoms with Gasteiger partial charge in [-0.15, -0.1) is 0 Å². The van der Waals surface area contributed by atoms with E-state index in [1.807, 2.05) is 41.4 Å². The number of hydrogen-bond donors (Lipinski definition) is 0. The quantitative estimate of drug-likeness (QED) is 0.487. The Bertz CT molecular complexity index is 1080. The molecule has 2 aliphatic rings. The van der Waals surface area contributed by atoms with Gasteiger partial charge in [0.25, 0.3) is 0 Å². The maximum atomic E-state index is 14.5. The standard InChI is InChI=1S/C22H15Cl2FN2O/c23-14-7-5-13(6-8-14)19-12-20-17-11-15(24)9-10-21(17)28-22(27(20)26-19)16-3-1-2-4-18(16)25/h1-11,20,22H,12H2/t20-,22+/m1/s1. The Balaban J connectivity index is 1.62. The van der Waals surface area contributed by atoms with Gasteiger partial charge >= 0.3 is 0 Å². The van der Waals surface area contributed by atoms with E-state index in [4.69, 9.17) is 33.0 Å². The van der Waals surface area contributed by atoms with Gasteiger partial charge in [-0.2, -0.15) is 5.10 Å². The molecule has 0 saturated heterocycles. The fourth-order valence-electron chi connectivity index (χ4n) is 3.76. The van der Waals surface area contributed by atoms with E-state index in [-0.39, 0.29) is 11.9 Å². The van der Waals surface area contributed by atoms with Crippen molar-refractivity contribution in [3.05, 3.63) is 99.3 Å². The maximum absolute atomic E-state index is 14.5. The number of nitrogens with zero attached hydrogens (tertiary/aromatic N) is 2. The molecule has 0 aliphatic carbocycles. The van der Waals surface area contributed by atoms with E-state index in [1.54, 1.807) is 24.3 Å². The number of rotatable bonds is 2. The third-order valence-corrected chi connectivity index (χ3v) is 5.59. The second-order valence-electron chi connectivity index (χ2n) is 6.83. The molecule has 0 unspecified atom stereocenters. The van der Waals surface area contributed by atoms with Crippen LogP contribution in [0.3, 0.4) is 0 Å². The minimum atomic E-state index is -0.648. The molecule has 140 valence electrons. The number of ether oxygens (including phenoxy) is 1. The molecular weight excluding hydrogens is 398 g/mol. The first kappa shape index (κ1) is 17.5. The van der Waals surface area contributed by atoms with Gasteiger partial charge in [0.1, 0.15) is 11.6 Å². The van der Waals surface area contributed by atoms with Crippen LogP contribution < -0.4 is 4.74 Å². The highest BCUT2D eigenvalue weighted by Crippen LogP contribution is 2.48. The Morgan fingerprint density at radius 2 is 1.68 bits per heavy atom. The van der Waals surface area contributed by atoms with Crippen LogP contribution in [0.15, 0.2) is 71.8 Å². The van der Waals surface area contributed by atoms with Crippen LogP contribution in [0.25, 0.3) is 0 Å². The van der Waals surface area contributed by atoms with E-state index in [0.29, 0.717) is 27.8 Å². The molecule has 0 fully saturated rings. The summed E-state index contributed by atoms with van der Waals surface area (Å²) in [7, 11) is 0. The summed E-state index contributed by atoms with van der Waals surface area (Å²) in [5.74, 6) is 0.380. The van der Waals surface area contributed by atoms with Crippen molar-refractivity contribution in [3.8, 4) is 5.75 Å². The fraction of sp³-hybridized carbons (Fsp3) is 0.136. The lowest BCUT2D eigenvalue weighted by molar-refractivity contribution is -0.0211. The Hall–Kier alpha value is -2.56. The van der Waals surface area contributed by atoms with Crippen molar-refractivity contribution in [3.63, 3.8) is 0 Å². The smallest absolute Gasteiger partial charge is 0.216 e. The molecule has 0 radical (unpaired) electrons. The first-order valence-electron chi connectivity index (χ1n) is 8.92. The highest BCUT2D eigenvalue weighted by molar-refractivity contribution is 6.31. The van der Waals surface area contributed by atoms with Crippen LogP contribution >= 0.6 is 23.2 Å². The predicted molar refractivity (Wildman–Crippen MR) is 108 cm³/mol. The molecule has 5 rings (SSSR count). The summed E-state index contributed by atoms with van der Waals surface area (Å²) in [5.41, 5.74) is 3.29.